The van der Waals surface area contributed by atoms with Crippen molar-refractivity contribution >= 4 is 11.9 Å². The van der Waals surface area contributed by atoms with E-state index in [-0.39, 0.29) is 19.7 Å². The predicted molar refractivity (Wildman–Crippen MR) is 69.7 cm³/mol. The highest BCUT2D eigenvalue weighted by Gasteiger charge is 2.35. The van der Waals surface area contributed by atoms with E-state index in [2.05, 4.69) is 0 Å². The second-order valence-electron chi connectivity index (χ2n) is 4.89. The average Bonchev–Trinajstić information content (AvgIpc) is 2.48. The summed E-state index contributed by atoms with van der Waals surface area (Å²) in [6.07, 6.45) is -4.92. The Balaban J connectivity index is 2.15. The molecule has 0 bridgehead atoms. The van der Waals surface area contributed by atoms with Crippen LogP contribution in [0.4, 0.5) is 13.2 Å². The van der Waals surface area contributed by atoms with Gasteiger partial charge in [-0.1, -0.05) is 0 Å². The number of amides is 1. The highest BCUT2D eigenvalue weighted by atomic mass is 19.4. The Morgan fingerprint density at radius 3 is 2.70 bits per heavy atom. The number of alkyl halides is 3. The number of hydrogen-bond donors (Lipinski definition) is 1. The molecular weight excluding hydrogens is 321 g/mol. The van der Waals surface area contributed by atoms with E-state index >= 15 is 0 Å². The summed E-state index contributed by atoms with van der Waals surface area (Å²) in [7, 11) is 0. The Bertz CT molecular complexity index is 670. The monoisotopic (exact) mass is 334 g/mol. The highest BCUT2D eigenvalue weighted by molar-refractivity contribution is 5.78. The quantitative estimate of drug-likeness (QED) is 0.852. The first-order chi connectivity index (χ1) is 10.7. The van der Waals surface area contributed by atoms with E-state index in [1.165, 1.54) is 0 Å². The molecule has 1 aliphatic heterocycles. The number of carboxylic acid groups (broad SMARTS) is 1. The van der Waals surface area contributed by atoms with Gasteiger partial charge in [0.2, 0.25) is 5.91 Å². The zero-order valence-corrected chi connectivity index (χ0v) is 11.7. The van der Waals surface area contributed by atoms with Crippen molar-refractivity contribution in [3.8, 4) is 0 Å². The van der Waals surface area contributed by atoms with E-state index < -0.39 is 41.8 Å². The summed E-state index contributed by atoms with van der Waals surface area (Å²) in [4.78, 5) is 35.8. The van der Waals surface area contributed by atoms with Crippen LogP contribution in [0.1, 0.15) is 5.56 Å². The lowest BCUT2D eigenvalue weighted by molar-refractivity contribution is -0.159. The number of ether oxygens (including phenoxy) is 1. The van der Waals surface area contributed by atoms with Gasteiger partial charge >= 0.3 is 12.1 Å². The van der Waals surface area contributed by atoms with Gasteiger partial charge in [0.1, 0.15) is 12.1 Å². The molecule has 7 nitrogen and oxygen atoms in total. The molecule has 1 fully saturated rings. The number of nitrogens with zero attached hydrogens (tertiary/aromatic N) is 2. The Hall–Kier alpha value is -2.36. The van der Waals surface area contributed by atoms with Crippen molar-refractivity contribution in [2.75, 3.05) is 19.7 Å². The average molecular weight is 334 g/mol. The van der Waals surface area contributed by atoms with E-state index in [0.29, 0.717) is 10.6 Å². The van der Waals surface area contributed by atoms with Gasteiger partial charge in [-0.3, -0.25) is 9.59 Å². The van der Waals surface area contributed by atoms with E-state index in [1.807, 2.05) is 0 Å². The number of rotatable bonds is 3. The normalized spacial score (nSPS) is 18.7. The third kappa shape index (κ3) is 3.89. The molecule has 1 aromatic rings. The van der Waals surface area contributed by atoms with Gasteiger partial charge < -0.3 is 19.3 Å². The summed E-state index contributed by atoms with van der Waals surface area (Å²) in [6, 6.07) is 1.66. The molecule has 23 heavy (non-hydrogen) atoms. The van der Waals surface area contributed by atoms with E-state index in [4.69, 9.17) is 9.84 Å². The van der Waals surface area contributed by atoms with Crippen LogP contribution in [0.5, 0.6) is 0 Å². The molecule has 0 radical (unpaired) electrons. The lowest BCUT2D eigenvalue weighted by Gasteiger charge is -2.31. The van der Waals surface area contributed by atoms with Crippen molar-refractivity contribution in [3.63, 3.8) is 0 Å². The standard InChI is InChI=1S/C13H13F3N2O5/c14-13(15,16)8-2-1-3-18(11(8)20)7-10(19)17-4-5-23-9(6-17)12(21)22/h1-3,9H,4-7H2,(H,21,22). The number of hydrogen-bond acceptors (Lipinski definition) is 4. The van der Waals surface area contributed by atoms with Crippen molar-refractivity contribution in [2.24, 2.45) is 0 Å². The van der Waals surface area contributed by atoms with Crippen LogP contribution in [-0.2, 0) is 27.0 Å². The van der Waals surface area contributed by atoms with Crippen LogP contribution < -0.4 is 5.56 Å². The fourth-order valence-electron chi connectivity index (χ4n) is 2.15. The number of carbonyl (C=O) groups excluding carboxylic acids is 1. The van der Waals surface area contributed by atoms with Gasteiger partial charge in [-0.05, 0) is 12.1 Å². The summed E-state index contributed by atoms with van der Waals surface area (Å²) >= 11 is 0. The van der Waals surface area contributed by atoms with Crippen LogP contribution in [-0.4, -0.2) is 52.3 Å². The van der Waals surface area contributed by atoms with Crippen LogP contribution in [0.15, 0.2) is 23.1 Å². The second-order valence-corrected chi connectivity index (χ2v) is 4.89. The zero-order valence-electron chi connectivity index (χ0n) is 11.7. The number of carbonyl (C=O) groups is 2. The molecule has 10 heteroatoms. The maximum Gasteiger partial charge on any atom is 0.421 e. The lowest BCUT2D eigenvalue weighted by atomic mass is 10.2. The third-order valence-electron chi connectivity index (χ3n) is 3.33. The van der Waals surface area contributed by atoms with Gasteiger partial charge in [-0.15, -0.1) is 0 Å². The number of aromatic nitrogens is 1. The van der Waals surface area contributed by atoms with Crippen molar-refractivity contribution in [3.05, 3.63) is 34.2 Å². The second kappa shape index (κ2) is 6.41. The topological polar surface area (TPSA) is 88.8 Å². The zero-order chi connectivity index (χ0) is 17.2. The Kier molecular flexibility index (Phi) is 4.73. The number of pyridine rings is 1. The summed E-state index contributed by atoms with van der Waals surface area (Å²) in [5.41, 5.74) is -2.69. The van der Waals surface area contributed by atoms with Crippen molar-refractivity contribution in [1.29, 1.82) is 0 Å². The summed E-state index contributed by atoms with van der Waals surface area (Å²) in [5, 5.41) is 8.85. The fraction of sp³-hybridized carbons (Fsp3) is 0.462. The third-order valence-corrected chi connectivity index (χ3v) is 3.33. The minimum atomic E-state index is -4.81. The molecule has 1 N–H and O–H groups in total. The molecule has 1 atom stereocenters. The maximum atomic E-state index is 12.7. The number of aliphatic carboxylic acids is 1. The van der Waals surface area contributed by atoms with Crippen LogP contribution in [0.2, 0.25) is 0 Å². The smallest absolute Gasteiger partial charge is 0.421 e. The van der Waals surface area contributed by atoms with Gasteiger partial charge in [0.25, 0.3) is 5.56 Å². The molecule has 0 spiro atoms. The summed E-state index contributed by atoms with van der Waals surface area (Å²) in [5.74, 6) is -1.89. The first-order valence-corrected chi connectivity index (χ1v) is 6.59. The minimum absolute atomic E-state index is 0.000195. The van der Waals surface area contributed by atoms with Crippen molar-refractivity contribution in [1.82, 2.24) is 9.47 Å². The molecular formula is C13H13F3N2O5. The number of morpholine rings is 1. The first-order valence-electron chi connectivity index (χ1n) is 6.59. The van der Waals surface area contributed by atoms with Gasteiger partial charge in [0, 0.05) is 12.7 Å². The summed E-state index contributed by atoms with van der Waals surface area (Å²) < 4.78 is 43.6. The van der Waals surface area contributed by atoms with Gasteiger partial charge in [-0.2, -0.15) is 13.2 Å². The van der Waals surface area contributed by atoms with Crippen LogP contribution in [0, 0.1) is 0 Å². The van der Waals surface area contributed by atoms with E-state index in [0.717, 1.165) is 17.2 Å². The molecule has 1 aliphatic rings. The van der Waals surface area contributed by atoms with Crippen LogP contribution >= 0.6 is 0 Å². The van der Waals surface area contributed by atoms with E-state index in [1.54, 1.807) is 0 Å². The van der Waals surface area contributed by atoms with Crippen molar-refractivity contribution < 1.29 is 32.6 Å². The molecule has 2 rings (SSSR count). The Morgan fingerprint density at radius 1 is 1.39 bits per heavy atom. The molecule has 0 aromatic carbocycles. The highest BCUT2D eigenvalue weighted by Crippen LogP contribution is 2.25. The van der Waals surface area contributed by atoms with Crippen molar-refractivity contribution in [2.45, 2.75) is 18.8 Å². The van der Waals surface area contributed by atoms with Gasteiger partial charge in [-0.25, -0.2) is 4.79 Å². The van der Waals surface area contributed by atoms with Gasteiger partial charge in [0.05, 0.1) is 13.2 Å². The van der Waals surface area contributed by atoms with E-state index in [9.17, 15) is 27.6 Å². The molecule has 1 amide bonds. The summed E-state index contributed by atoms with van der Waals surface area (Å²) in [6.45, 7) is -0.715. The number of carboxylic acids is 1. The Morgan fingerprint density at radius 2 is 2.09 bits per heavy atom. The molecule has 0 saturated carbocycles. The molecule has 0 aliphatic carbocycles. The lowest BCUT2D eigenvalue weighted by Crippen LogP contribution is -2.50. The van der Waals surface area contributed by atoms with Gasteiger partial charge in [0.15, 0.2) is 6.10 Å². The molecule has 2 heterocycles. The molecule has 1 unspecified atom stereocenters. The SMILES string of the molecule is O=C(O)C1CN(C(=O)Cn2cccc(C(F)(F)F)c2=O)CCO1. The first kappa shape index (κ1) is 17.0. The minimum Gasteiger partial charge on any atom is -0.479 e. The molecule has 1 aromatic heterocycles. The predicted octanol–water partition coefficient (Wildman–Crippen LogP) is 0.179. The van der Waals surface area contributed by atoms with Crippen LogP contribution in [0.25, 0.3) is 0 Å². The Labute approximate surface area is 127 Å². The van der Waals surface area contributed by atoms with Crippen LogP contribution in [0.3, 0.4) is 0 Å². The number of halogens is 3. The molecule has 1 saturated heterocycles. The fourth-order valence-corrected chi connectivity index (χ4v) is 2.15. The maximum absolute atomic E-state index is 12.7. The molecule has 126 valence electrons. The largest absolute Gasteiger partial charge is 0.479 e.